The second-order valence-electron chi connectivity index (χ2n) is 4.55. The van der Waals surface area contributed by atoms with E-state index in [4.69, 9.17) is 22.1 Å². The maximum absolute atomic E-state index is 6.10. The van der Waals surface area contributed by atoms with Gasteiger partial charge in [0.25, 0.3) is 0 Å². The van der Waals surface area contributed by atoms with Gasteiger partial charge in [-0.05, 0) is 36.2 Å². The van der Waals surface area contributed by atoms with E-state index in [0.29, 0.717) is 18.8 Å². The van der Waals surface area contributed by atoms with Crippen LogP contribution < -0.4 is 15.8 Å². The van der Waals surface area contributed by atoms with Crippen molar-refractivity contribution in [3.8, 4) is 5.75 Å². The zero-order valence-corrected chi connectivity index (χ0v) is 12.3. The number of anilines is 2. The van der Waals surface area contributed by atoms with Crippen molar-refractivity contribution in [3.63, 3.8) is 0 Å². The van der Waals surface area contributed by atoms with Crippen LogP contribution in [-0.2, 0) is 6.54 Å². The Labute approximate surface area is 124 Å². The lowest BCUT2D eigenvalue weighted by atomic mass is 10.2. The summed E-state index contributed by atoms with van der Waals surface area (Å²) in [5.74, 6) is 0.730. The number of para-hydroxylation sites is 1. The van der Waals surface area contributed by atoms with Crippen LogP contribution in [0.25, 0.3) is 0 Å². The predicted molar refractivity (Wildman–Crippen MR) is 85.4 cm³/mol. The van der Waals surface area contributed by atoms with Crippen LogP contribution in [0.5, 0.6) is 5.75 Å². The fourth-order valence-electron chi connectivity index (χ4n) is 1.84. The monoisotopic (exact) mass is 290 g/mol. The quantitative estimate of drug-likeness (QED) is 0.779. The van der Waals surface area contributed by atoms with Crippen molar-refractivity contribution in [3.05, 3.63) is 53.1 Å². The first-order valence-corrected chi connectivity index (χ1v) is 7.08. The van der Waals surface area contributed by atoms with Gasteiger partial charge < -0.3 is 15.8 Å². The summed E-state index contributed by atoms with van der Waals surface area (Å²) in [4.78, 5) is 0. The van der Waals surface area contributed by atoms with E-state index in [-0.39, 0.29) is 0 Å². The average Bonchev–Trinajstić information content (AvgIpc) is 2.47. The van der Waals surface area contributed by atoms with Crippen molar-refractivity contribution >= 4 is 23.0 Å². The number of benzene rings is 2. The lowest BCUT2D eigenvalue weighted by molar-refractivity contribution is 0.319. The van der Waals surface area contributed by atoms with Crippen LogP contribution in [0.2, 0.25) is 5.02 Å². The molecule has 0 amide bonds. The molecule has 0 fully saturated rings. The second kappa shape index (κ2) is 7.06. The SMILES string of the molecule is CCCOc1cccc(NCc2ccc(Cl)cc2)c1N. The molecule has 0 spiro atoms. The average molecular weight is 291 g/mol. The van der Waals surface area contributed by atoms with Crippen LogP contribution in [-0.4, -0.2) is 6.61 Å². The smallest absolute Gasteiger partial charge is 0.144 e. The molecule has 0 bridgehead atoms. The highest BCUT2D eigenvalue weighted by Gasteiger charge is 2.05. The number of halogens is 1. The first-order chi connectivity index (χ1) is 9.70. The first kappa shape index (κ1) is 14.5. The second-order valence-corrected chi connectivity index (χ2v) is 4.98. The predicted octanol–water partition coefficient (Wildman–Crippen LogP) is 4.32. The summed E-state index contributed by atoms with van der Waals surface area (Å²) in [6.07, 6.45) is 0.960. The number of rotatable bonds is 6. The largest absolute Gasteiger partial charge is 0.491 e. The van der Waals surface area contributed by atoms with E-state index in [1.807, 2.05) is 42.5 Å². The number of nitrogen functional groups attached to an aromatic ring is 1. The Morgan fingerprint density at radius 3 is 2.60 bits per heavy atom. The highest BCUT2D eigenvalue weighted by Crippen LogP contribution is 2.29. The molecular weight excluding hydrogens is 272 g/mol. The molecule has 4 heteroatoms. The molecule has 0 heterocycles. The van der Waals surface area contributed by atoms with Crippen molar-refractivity contribution in [2.24, 2.45) is 0 Å². The molecule has 2 rings (SSSR count). The Hall–Kier alpha value is -1.87. The van der Waals surface area contributed by atoms with E-state index in [0.717, 1.165) is 28.4 Å². The van der Waals surface area contributed by atoms with E-state index in [1.54, 1.807) is 0 Å². The minimum Gasteiger partial charge on any atom is -0.491 e. The molecule has 20 heavy (non-hydrogen) atoms. The van der Waals surface area contributed by atoms with E-state index >= 15 is 0 Å². The maximum Gasteiger partial charge on any atom is 0.144 e. The minimum absolute atomic E-state index is 0.648. The van der Waals surface area contributed by atoms with Gasteiger partial charge in [-0.1, -0.05) is 36.7 Å². The molecule has 0 unspecified atom stereocenters. The molecule has 0 radical (unpaired) electrons. The molecule has 0 aliphatic heterocycles. The van der Waals surface area contributed by atoms with Crippen LogP contribution in [0.15, 0.2) is 42.5 Å². The Morgan fingerprint density at radius 2 is 1.90 bits per heavy atom. The highest BCUT2D eigenvalue weighted by atomic mass is 35.5. The third-order valence-electron chi connectivity index (χ3n) is 2.92. The van der Waals surface area contributed by atoms with Crippen LogP contribution in [0.4, 0.5) is 11.4 Å². The molecule has 0 atom stereocenters. The highest BCUT2D eigenvalue weighted by molar-refractivity contribution is 6.30. The summed E-state index contributed by atoms with van der Waals surface area (Å²) in [5.41, 5.74) is 8.78. The summed E-state index contributed by atoms with van der Waals surface area (Å²) in [6, 6.07) is 13.5. The zero-order chi connectivity index (χ0) is 14.4. The fraction of sp³-hybridized carbons (Fsp3) is 0.250. The molecule has 106 valence electrons. The van der Waals surface area contributed by atoms with Crippen LogP contribution in [0.1, 0.15) is 18.9 Å². The number of nitrogens with one attached hydrogen (secondary N) is 1. The fourth-order valence-corrected chi connectivity index (χ4v) is 1.96. The zero-order valence-electron chi connectivity index (χ0n) is 11.5. The molecule has 3 N–H and O–H groups in total. The summed E-state index contributed by atoms with van der Waals surface area (Å²) < 4.78 is 5.61. The van der Waals surface area contributed by atoms with E-state index in [9.17, 15) is 0 Å². The third-order valence-corrected chi connectivity index (χ3v) is 3.18. The van der Waals surface area contributed by atoms with E-state index in [2.05, 4.69) is 12.2 Å². The van der Waals surface area contributed by atoms with Gasteiger partial charge in [0.05, 0.1) is 18.0 Å². The molecule has 0 aromatic heterocycles. The lowest BCUT2D eigenvalue weighted by Crippen LogP contribution is -2.05. The molecule has 2 aromatic carbocycles. The van der Waals surface area contributed by atoms with Gasteiger partial charge in [-0.25, -0.2) is 0 Å². The third kappa shape index (κ3) is 3.81. The molecule has 2 aromatic rings. The molecule has 3 nitrogen and oxygen atoms in total. The number of nitrogens with two attached hydrogens (primary N) is 1. The summed E-state index contributed by atoms with van der Waals surface area (Å²) >= 11 is 5.87. The van der Waals surface area contributed by atoms with Gasteiger partial charge >= 0.3 is 0 Å². The summed E-state index contributed by atoms with van der Waals surface area (Å²) in [6.45, 7) is 3.43. The Morgan fingerprint density at radius 1 is 1.15 bits per heavy atom. The van der Waals surface area contributed by atoms with Crippen molar-refractivity contribution in [2.45, 2.75) is 19.9 Å². The Kier molecular flexibility index (Phi) is 5.13. The lowest BCUT2D eigenvalue weighted by Gasteiger charge is -2.13. The van der Waals surface area contributed by atoms with Crippen molar-refractivity contribution < 1.29 is 4.74 Å². The Balaban J connectivity index is 2.03. The van der Waals surface area contributed by atoms with Crippen LogP contribution in [0, 0.1) is 0 Å². The van der Waals surface area contributed by atoms with Gasteiger partial charge in [0.15, 0.2) is 0 Å². The molecular formula is C16H19ClN2O. The summed E-state index contributed by atoms with van der Waals surface area (Å²) in [7, 11) is 0. The van der Waals surface area contributed by atoms with Gasteiger partial charge in [0.2, 0.25) is 0 Å². The van der Waals surface area contributed by atoms with Gasteiger partial charge in [-0.2, -0.15) is 0 Å². The molecule has 0 saturated carbocycles. The first-order valence-electron chi connectivity index (χ1n) is 6.70. The van der Waals surface area contributed by atoms with Crippen LogP contribution >= 0.6 is 11.6 Å². The van der Waals surface area contributed by atoms with Crippen molar-refractivity contribution in [1.82, 2.24) is 0 Å². The van der Waals surface area contributed by atoms with E-state index in [1.165, 1.54) is 0 Å². The van der Waals surface area contributed by atoms with E-state index < -0.39 is 0 Å². The van der Waals surface area contributed by atoms with Gasteiger partial charge in [-0.15, -0.1) is 0 Å². The number of ether oxygens (including phenoxy) is 1. The normalized spacial score (nSPS) is 10.3. The topological polar surface area (TPSA) is 47.3 Å². The maximum atomic E-state index is 6.10. The van der Waals surface area contributed by atoms with Crippen molar-refractivity contribution in [2.75, 3.05) is 17.7 Å². The molecule has 0 saturated heterocycles. The molecule has 0 aliphatic rings. The number of hydrogen-bond acceptors (Lipinski definition) is 3. The summed E-state index contributed by atoms with van der Waals surface area (Å²) in [5, 5.41) is 4.06. The van der Waals surface area contributed by atoms with Crippen LogP contribution in [0.3, 0.4) is 0 Å². The Bertz CT molecular complexity index is 555. The van der Waals surface area contributed by atoms with Crippen molar-refractivity contribution in [1.29, 1.82) is 0 Å². The number of hydrogen-bond donors (Lipinski definition) is 2. The van der Waals surface area contributed by atoms with Gasteiger partial charge in [0.1, 0.15) is 5.75 Å². The standard InChI is InChI=1S/C16H19ClN2O/c1-2-10-20-15-5-3-4-14(16(15)18)19-11-12-6-8-13(17)9-7-12/h3-9,19H,2,10-11,18H2,1H3. The molecule has 0 aliphatic carbocycles. The minimum atomic E-state index is 0.648. The van der Waals surface area contributed by atoms with Gasteiger partial charge in [-0.3, -0.25) is 0 Å². The van der Waals surface area contributed by atoms with Gasteiger partial charge in [0, 0.05) is 11.6 Å².